The second kappa shape index (κ2) is 7.74. The number of carbonyl (C=O) groups excluding carboxylic acids is 2. The molecule has 23 heavy (non-hydrogen) atoms. The molecule has 2 aromatic rings. The Morgan fingerprint density at radius 1 is 1.26 bits per heavy atom. The average molecular weight is 333 g/mol. The smallest absolute Gasteiger partial charge is 0.339 e. The minimum Gasteiger partial charge on any atom is -0.449 e. The Morgan fingerprint density at radius 3 is 2.57 bits per heavy atom. The quantitative estimate of drug-likeness (QED) is 0.672. The van der Waals surface area contributed by atoms with E-state index in [4.69, 9.17) is 16.3 Å². The van der Waals surface area contributed by atoms with Crippen molar-refractivity contribution in [1.82, 2.24) is 4.98 Å². The van der Waals surface area contributed by atoms with Gasteiger partial charge in [-0.25, -0.2) is 9.78 Å². The van der Waals surface area contributed by atoms with Gasteiger partial charge in [0, 0.05) is 11.9 Å². The summed E-state index contributed by atoms with van der Waals surface area (Å²) in [5, 5.41) is 2.89. The van der Waals surface area contributed by atoms with E-state index in [1.165, 1.54) is 30.8 Å². The molecule has 0 fully saturated rings. The molecule has 1 atom stereocenters. The monoisotopic (exact) mass is 332 g/mol. The predicted octanol–water partition coefficient (Wildman–Crippen LogP) is 3.48. The van der Waals surface area contributed by atoms with Crippen LogP contribution >= 0.6 is 11.6 Å². The van der Waals surface area contributed by atoms with Crippen LogP contribution in [0.2, 0.25) is 5.15 Å². The van der Waals surface area contributed by atoms with Gasteiger partial charge in [-0.1, -0.05) is 30.7 Å². The van der Waals surface area contributed by atoms with Crippen LogP contribution in [0.3, 0.4) is 0 Å². The van der Waals surface area contributed by atoms with Crippen LogP contribution in [0, 0.1) is 0 Å². The summed E-state index contributed by atoms with van der Waals surface area (Å²) in [6, 6.07) is 10.4. The molecule has 0 saturated carbocycles. The van der Waals surface area contributed by atoms with E-state index in [2.05, 4.69) is 17.2 Å². The van der Waals surface area contributed by atoms with Crippen LogP contribution in [0.25, 0.3) is 0 Å². The number of carbonyl (C=O) groups is 2. The first kappa shape index (κ1) is 17.0. The molecule has 6 heteroatoms. The Kier molecular flexibility index (Phi) is 5.71. The van der Waals surface area contributed by atoms with Gasteiger partial charge < -0.3 is 10.1 Å². The molecular weight excluding hydrogens is 316 g/mol. The molecule has 0 bridgehead atoms. The number of halogens is 1. The minimum atomic E-state index is -0.930. The first-order chi connectivity index (χ1) is 11.0. The number of nitrogens with zero attached hydrogens (tertiary/aromatic N) is 1. The van der Waals surface area contributed by atoms with Crippen LogP contribution in [-0.2, 0) is 16.0 Å². The Morgan fingerprint density at radius 2 is 1.96 bits per heavy atom. The third-order valence-corrected chi connectivity index (χ3v) is 3.45. The van der Waals surface area contributed by atoms with Crippen LogP contribution in [-0.4, -0.2) is 23.0 Å². The van der Waals surface area contributed by atoms with Crippen LogP contribution in [0.15, 0.2) is 42.6 Å². The molecule has 0 radical (unpaired) electrons. The van der Waals surface area contributed by atoms with Crippen molar-refractivity contribution in [2.24, 2.45) is 0 Å². The van der Waals surface area contributed by atoms with Crippen LogP contribution < -0.4 is 5.32 Å². The fourth-order valence-corrected chi connectivity index (χ4v) is 2.05. The number of hydrogen-bond donors (Lipinski definition) is 1. The highest BCUT2D eigenvalue weighted by Gasteiger charge is 2.19. The number of rotatable bonds is 5. The molecule has 0 aliphatic rings. The SMILES string of the molecule is CCc1ccc(NC(=O)C(C)OC(=O)c2ccnc(Cl)c2)cc1. The van der Waals surface area contributed by atoms with Crippen molar-refractivity contribution < 1.29 is 14.3 Å². The lowest BCUT2D eigenvalue weighted by molar-refractivity contribution is -0.123. The van der Waals surface area contributed by atoms with E-state index in [1.807, 2.05) is 24.3 Å². The number of aromatic nitrogens is 1. The van der Waals surface area contributed by atoms with Crippen molar-refractivity contribution in [3.63, 3.8) is 0 Å². The van der Waals surface area contributed by atoms with Gasteiger partial charge >= 0.3 is 5.97 Å². The molecule has 2 rings (SSSR count). The van der Waals surface area contributed by atoms with E-state index < -0.39 is 18.0 Å². The molecule has 1 heterocycles. The van der Waals surface area contributed by atoms with Crippen molar-refractivity contribution in [2.75, 3.05) is 5.32 Å². The zero-order valence-electron chi connectivity index (χ0n) is 12.9. The van der Waals surface area contributed by atoms with Gasteiger partial charge in [0.1, 0.15) is 5.15 Å². The molecule has 0 aliphatic heterocycles. The maximum atomic E-state index is 12.1. The van der Waals surface area contributed by atoms with E-state index in [-0.39, 0.29) is 10.7 Å². The van der Waals surface area contributed by atoms with Gasteiger partial charge in [-0.05, 0) is 43.2 Å². The molecule has 120 valence electrons. The van der Waals surface area contributed by atoms with E-state index in [0.717, 1.165) is 6.42 Å². The normalized spacial score (nSPS) is 11.6. The van der Waals surface area contributed by atoms with Crippen molar-refractivity contribution >= 4 is 29.2 Å². The van der Waals surface area contributed by atoms with Gasteiger partial charge in [-0.2, -0.15) is 0 Å². The van der Waals surface area contributed by atoms with E-state index >= 15 is 0 Å². The molecule has 1 amide bonds. The molecule has 1 unspecified atom stereocenters. The van der Waals surface area contributed by atoms with Gasteiger partial charge in [0.2, 0.25) is 0 Å². The predicted molar refractivity (Wildman–Crippen MR) is 88.6 cm³/mol. The van der Waals surface area contributed by atoms with Crippen LogP contribution in [0.1, 0.15) is 29.8 Å². The fraction of sp³-hybridized carbons (Fsp3) is 0.235. The lowest BCUT2D eigenvalue weighted by atomic mass is 10.1. The summed E-state index contributed by atoms with van der Waals surface area (Å²) in [7, 11) is 0. The van der Waals surface area contributed by atoms with Gasteiger partial charge in [0.15, 0.2) is 6.10 Å². The molecular formula is C17H17ClN2O3. The Hall–Kier alpha value is -2.40. The number of aryl methyl sites for hydroxylation is 1. The Bertz CT molecular complexity index is 701. The van der Waals surface area contributed by atoms with Crippen LogP contribution in [0.4, 0.5) is 5.69 Å². The van der Waals surface area contributed by atoms with Gasteiger partial charge in [0.25, 0.3) is 5.91 Å². The van der Waals surface area contributed by atoms with E-state index in [9.17, 15) is 9.59 Å². The third-order valence-electron chi connectivity index (χ3n) is 3.25. The number of pyridine rings is 1. The fourth-order valence-electron chi connectivity index (χ4n) is 1.88. The second-order valence-corrected chi connectivity index (χ2v) is 5.34. The summed E-state index contributed by atoms with van der Waals surface area (Å²) in [5.74, 6) is -1.03. The first-order valence-electron chi connectivity index (χ1n) is 7.22. The molecule has 1 aromatic carbocycles. The standard InChI is InChI=1S/C17H17ClN2O3/c1-3-12-4-6-14(7-5-12)20-16(21)11(2)23-17(22)13-8-9-19-15(18)10-13/h4-11H,3H2,1-2H3,(H,20,21). The largest absolute Gasteiger partial charge is 0.449 e. The second-order valence-electron chi connectivity index (χ2n) is 4.95. The number of amides is 1. The van der Waals surface area contributed by atoms with E-state index in [1.54, 1.807) is 0 Å². The minimum absolute atomic E-state index is 0.188. The summed E-state index contributed by atoms with van der Waals surface area (Å²) >= 11 is 5.72. The Labute approximate surface area is 139 Å². The molecule has 0 aliphatic carbocycles. The molecule has 1 aromatic heterocycles. The number of anilines is 1. The van der Waals surface area contributed by atoms with Gasteiger partial charge in [0.05, 0.1) is 5.56 Å². The maximum absolute atomic E-state index is 12.1. The topological polar surface area (TPSA) is 68.3 Å². The van der Waals surface area contributed by atoms with Crippen LogP contribution in [0.5, 0.6) is 0 Å². The zero-order chi connectivity index (χ0) is 16.8. The first-order valence-corrected chi connectivity index (χ1v) is 7.59. The highest BCUT2D eigenvalue weighted by molar-refractivity contribution is 6.29. The number of esters is 1. The average Bonchev–Trinajstić information content (AvgIpc) is 2.55. The maximum Gasteiger partial charge on any atom is 0.339 e. The summed E-state index contributed by atoms with van der Waals surface area (Å²) in [6.07, 6.45) is 1.40. The van der Waals surface area contributed by atoms with Gasteiger partial charge in [-0.3, -0.25) is 4.79 Å². The number of hydrogen-bond acceptors (Lipinski definition) is 4. The summed E-state index contributed by atoms with van der Waals surface area (Å²) in [4.78, 5) is 27.8. The van der Waals surface area contributed by atoms with Crippen molar-refractivity contribution in [1.29, 1.82) is 0 Å². The van der Waals surface area contributed by atoms with Gasteiger partial charge in [-0.15, -0.1) is 0 Å². The zero-order valence-corrected chi connectivity index (χ0v) is 13.6. The van der Waals surface area contributed by atoms with Crippen molar-refractivity contribution in [3.8, 4) is 0 Å². The summed E-state index contributed by atoms with van der Waals surface area (Å²) in [6.45, 7) is 3.57. The lowest BCUT2D eigenvalue weighted by Crippen LogP contribution is -2.30. The molecule has 0 saturated heterocycles. The number of ether oxygens (including phenoxy) is 1. The van der Waals surface area contributed by atoms with E-state index in [0.29, 0.717) is 5.69 Å². The third kappa shape index (κ3) is 4.79. The molecule has 1 N–H and O–H groups in total. The summed E-state index contributed by atoms with van der Waals surface area (Å²) < 4.78 is 5.13. The van der Waals surface area contributed by atoms with Crippen molar-refractivity contribution in [3.05, 3.63) is 58.9 Å². The summed E-state index contributed by atoms with van der Waals surface area (Å²) in [5.41, 5.74) is 2.08. The Balaban J connectivity index is 1.95. The number of benzene rings is 1. The highest BCUT2D eigenvalue weighted by atomic mass is 35.5. The molecule has 0 spiro atoms. The van der Waals surface area contributed by atoms with Crippen molar-refractivity contribution in [2.45, 2.75) is 26.4 Å². The lowest BCUT2D eigenvalue weighted by Gasteiger charge is -2.13. The highest BCUT2D eigenvalue weighted by Crippen LogP contribution is 2.12. The molecule has 5 nitrogen and oxygen atoms in total. The number of nitrogens with one attached hydrogen (secondary N) is 1.